The number of hydrogen-bond donors (Lipinski definition) is 3. The average Bonchev–Trinajstić information content (AvgIpc) is 2.71. The Labute approximate surface area is 86.9 Å². The molecule has 0 radical (unpaired) electrons. The van der Waals surface area contributed by atoms with E-state index < -0.39 is 0 Å². The van der Waals surface area contributed by atoms with Gasteiger partial charge in [-0.25, -0.2) is 0 Å². The molecular weight excluding hydrogens is 194 g/mol. The molecule has 3 N–H and O–H groups in total. The minimum atomic E-state index is -0.200. The van der Waals surface area contributed by atoms with Gasteiger partial charge in [-0.15, -0.1) is 0 Å². The molecule has 1 amide bonds. The van der Waals surface area contributed by atoms with Gasteiger partial charge in [-0.2, -0.15) is 0 Å². The maximum Gasteiger partial charge on any atom is 0.253 e. The summed E-state index contributed by atoms with van der Waals surface area (Å²) in [6.45, 7) is 1.76. The molecule has 1 aliphatic rings. The van der Waals surface area contributed by atoms with Crippen LogP contribution in [0.2, 0.25) is 0 Å². The Morgan fingerprint density at radius 2 is 2.33 bits per heavy atom. The Morgan fingerprint density at radius 1 is 1.47 bits per heavy atom. The van der Waals surface area contributed by atoms with Crippen LogP contribution in [-0.4, -0.2) is 30.0 Å². The first-order valence-electron chi connectivity index (χ1n) is 4.96. The second-order valence-corrected chi connectivity index (χ2v) is 3.60. The quantitative estimate of drug-likeness (QED) is 0.610. The molecule has 5 nitrogen and oxygen atoms in total. The molecule has 0 unspecified atom stereocenters. The van der Waals surface area contributed by atoms with Gasteiger partial charge < -0.3 is 15.6 Å². The van der Waals surface area contributed by atoms with Gasteiger partial charge in [-0.1, -0.05) is 0 Å². The molecule has 0 spiro atoms. The average molecular weight is 207 g/mol. The van der Waals surface area contributed by atoms with E-state index in [0.29, 0.717) is 5.56 Å². The van der Waals surface area contributed by atoms with Gasteiger partial charge in [0.25, 0.3) is 5.91 Å². The number of hydrogen-bond acceptors (Lipinski definition) is 3. The molecule has 15 heavy (non-hydrogen) atoms. The summed E-state index contributed by atoms with van der Waals surface area (Å²) < 4.78 is 0. The molecular formula is C10H13N3O2. The van der Waals surface area contributed by atoms with Crippen LogP contribution in [0.3, 0.4) is 0 Å². The van der Waals surface area contributed by atoms with E-state index in [0.717, 1.165) is 19.5 Å². The zero-order chi connectivity index (χ0) is 10.7. The summed E-state index contributed by atoms with van der Waals surface area (Å²) in [5.41, 5.74) is 0.288. The standard InChI is InChI=1S/C10H13N3O2/c14-9-2-1-7(5-12-9)10(15)13-8-3-4-11-6-8/h1-2,5,8,11H,3-4,6H2,(H,12,14)(H,13,15)/t8-/m0/s1. The summed E-state index contributed by atoms with van der Waals surface area (Å²) in [4.78, 5) is 24.9. The van der Waals surface area contributed by atoms with E-state index >= 15 is 0 Å². The predicted octanol–water partition coefficient (Wildman–Crippen LogP) is -0.533. The molecule has 80 valence electrons. The number of pyridine rings is 1. The number of aromatic amines is 1. The Balaban J connectivity index is 2.01. The zero-order valence-corrected chi connectivity index (χ0v) is 8.25. The highest BCUT2D eigenvalue weighted by atomic mass is 16.2. The monoisotopic (exact) mass is 207 g/mol. The van der Waals surface area contributed by atoms with Crippen LogP contribution in [0.4, 0.5) is 0 Å². The van der Waals surface area contributed by atoms with Crippen molar-refractivity contribution in [2.24, 2.45) is 0 Å². The molecule has 2 heterocycles. The van der Waals surface area contributed by atoms with Crippen LogP contribution in [0.5, 0.6) is 0 Å². The summed E-state index contributed by atoms with van der Waals surface area (Å²) in [5, 5.41) is 6.06. The maximum absolute atomic E-state index is 11.7. The van der Waals surface area contributed by atoms with E-state index in [9.17, 15) is 9.59 Å². The second kappa shape index (κ2) is 4.27. The van der Waals surface area contributed by atoms with Crippen molar-refractivity contribution in [1.29, 1.82) is 0 Å². The SMILES string of the molecule is O=C(N[C@H]1CCNC1)c1ccc(=O)[nH]c1. The van der Waals surface area contributed by atoms with E-state index in [1.165, 1.54) is 18.3 Å². The number of aromatic nitrogens is 1. The van der Waals surface area contributed by atoms with E-state index in [-0.39, 0.29) is 17.5 Å². The van der Waals surface area contributed by atoms with Crippen LogP contribution in [0.1, 0.15) is 16.8 Å². The fourth-order valence-corrected chi connectivity index (χ4v) is 1.60. The molecule has 1 saturated heterocycles. The van der Waals surface area contributed by atoms with Gasteiger partial charge in [0.15, 0.2) is 0 Å². The molecule has 1 atom stereocenters. The highest BCUT2D eigenvalue weighted by Crippen LogP contribution is 2.00. The summed E-state index contributed by atoms with van der Waals surface area (Å²) in [7, 11) is 0. The van der Waals surface area contributed by atoms with Gasteiger partial charge in [0.05, 0.1) is 5.56 Å². The first-order valence-corrected chi connectivity index (χ1v) is 4.96. The largest absolute Gasteiger partial charge is 0.348 e. The summed E-state index contributed by atoms with van der Waals surface area (Å²) >= 11 is 0. The minimum absolute atomic E-state index is 0.139. The molecule has 2 rings (SSSR count). The molecule has 1 fully saturated rings. The lowest BCUT2D eigenvalue weighted by molar-refractivity contribution is 0.0939. The van der Waals surface area contributed by atoms with Gasteiger partial charge >= 0.3 is 0 Å². The van der Waals surface area contributed by atoms with E-state index in [4.69, 9.17) is 0 Å². The van der Waals surface area contributed by atoms with Gasteiger partial charge in [0.1, 0.15) is 0 Å². The summed E-state index contributed by atoms with van der Waals surface area (Å²) in [5.74, 6) is -0.139. The number of carbonyl (C=O) groups excluding carboxylic acids is 1. The van der Waals surface area contributed by atoms with Crippen LogP contribution < -0.4 is 16.2 Å². The topological polar surface area (TPSA) is 74.0 Å². The van der Waals surface area contributed by atoms with Crippen molar-refractivity contribution in [1.82, 2.24) is 15.6 Å². The van der Waals surface area contributed by atoms with Gasteiger partial charge in [0, 0.05) is 24.8 Å². The molecule has 0 bridgehead atoms. The molecule has 0 aliphatic carbocycles. The van der Waals surface area contributed by atoms with E-state index in [2.05, 4.69) is 15.6 Å². The lowest BCUT2D eigenvalue weighted by Gasteiger charge is -2.10. The first kappa shape index (κ1) is 9.92. The molecule has 1 aromatic rings. The van der Waals surface area contributed by atoms with Crippen molar-refractivity contribution in [3.05, 3.63) is 34.2 Å². The highest BCUT2D eigenvalue weighted by molar-refractivity contribution is 5.94. The molecule has 5 heteroatoms. The fourth-order valence-electron chi connectivity index (χ4n) is 1.60. The normalized spacial score (nSPS) is 20.1. The van der Waals surface area contributed by atoms with Crippen molar-refractivity contribution >= 4 is 5.91 Å². The van der Waals surface area contributed by atoms with Crippen molar-refractivity contribution in [3.8, 4) is 0 Å². The maximum atomic E-state index is 11.7. The first-order chi connectivity index (χ1) is 7.25. The summed E-state index contributed by atoms with van der Waals surface area (Å²) in [6, 6.07) is 3.07. The van der Waals surface area contributed by atoms with Gasteiger partial charge in [0.2, 0.25) is 5.56 Å². The number of carbonyl (C=O) groups is 1. The molecule has 0 saturated carbocycles. The van der Waals surface area contributed by atoms with Crippen molar-refractivity contribution in [3.63, 3.8) is 0 Å². The number of H-pyrrole nitrogens is 1. The Bertz CT molecular complexity index is 387. The lowest BCUT2D eigenvalue weighted by atomic mass is 10.2. The minimum Gasteiger partial charge on any atom is -0.348 e. The Hall–Kier alpha value is -1.62. The van der Waals surface area contributed by atoms with Crippen LogP contribution in [0.15, 0.2) is 23.1 Å². The van der Waals surface area contributed by atoms with Crippen molar-refractivity contribution < 1.29 is 4.79 Å². The van der Waals surface area contributed by atoms with Crippen molar-refractivity contribution in [2.45, 2.75) is 12.5 Å². The van der Waals surface area contributed by atoms with E-state index in [1.807, 2.05) is 0 Å². The lowest BCUT2D eigenvalue weighted by Crippen LogP contribution is -2.36. The Kier molecular flexibility index (Phi) is 2.82. The van der Waals surface area contributed by atoms with Crippen LogP contribution >= 0.6 is 0 Å². The predicted molar refractivity (Wildman–Crippen MR) is 55.8 cm³/mol. The molecule has 0 aromatic carbocycles. The number of nitrogens with one attached hydrogen (secondary N) is 3. The number of rotatable bonds is 2. The Morgan fingerprint density at radius 3 is 2.93 bits per heavy atom. The zero-order valence-electron chi connectivity index (χ0n) is 8.25. The smallest absolute Gasteiger partial charge is 0.253 e. The number of amides is 1. The second-order valence-electron chi connectivity index (χ2n) is 3.60. The third-order valence-electron chi connectivity index (χ3n) is 2.44. The van der Waals surface area contributed by atoms with Gasteiger partial charge in [-0.05, 0) is 19.0 Å². The third kappa shape index (κ3) is 2.44. The van der Waals surface area contributed by atoms with Crippen molar-refractivity contribution in [2.75, 3.05) is 13.1 Å². The van der Waals surface area contributed by atoms with Crippen LogP contribution in [-0.2, 0) is 0 Å². The third-order valence-corrected chi connectivity index (χ3v) is 2.44. The van der Waals surface area contributed by atoms with Crippen LogP contribution in [0, 0.1) is 0 Å². The fraction of sp³-hybridized carbons (Fsp3) is 0.400. The van der Waals surface area contributed by atoms with Gasteiger partial charge in [-0.3, -0.25) is 9.59 Å². The van der Waals surface area contributed by atoms with Crippen LogP contribution in [0.25, 0.3) is 0 Å². The summed E-state index contributed by atoms with van der Waals surface area (Å²) in [6.07, 6.45) is 2.38. The molecule has 1 aliphatic heterocycles. The highest BCUT2D eigenvalue weighted by Gasteiger charge is 2.17. The molecule has 1 aromatic heterocycles. The van der Waals surface area contributed by atoms with E-state index in [1.54, 1.807) is 0 Å².